The van der Waals surface area contributed by atoms with Gasteiger partial charge < -0.3 is 0 Å². The van der Waals surface area contributed by atoms with Gasteiger partial charge in [0.1, 0.15) is 0 Å². The number of nitrogens with one attached hydrogen (secondary N) is 1. The van der Waals surface area contributed by atoms with Gasteiger partial charge in [-0.05, 0) is 48.2 Å². The molecule has 1 unspecified atom stereocenters. The Bertz CT molecular complexity index is 526. The smallest absolute Gasteiger partial charge is 0.0291 e. The van der Waals surface area contributed by atoms with E-state index in [0.717, 1.165) is 21.8 Å². The highest BCUT2D eigenvalue weighted by atomic mass is 79.9. The first-order chi connectivity index (χ1) is 9.17. The zero-order valence-electron chi connectivity index (χ0n) is 10.4. The first-order valence-electron chi connectivity index (χ1n) is 6.12. The van der Waals surface area contributed by atoms with Crippen LogP contribution < -0.4 is 11.3 Å². The standard InChI is InChI=1S/C15H16Br2N2/c16-13-6-4-11(5-7-13)9-15(19-18)10-12-2-1-3-14(17)8-12/h1-8,15,19H,9-10,18H2. The van der Waals surface area contributed by atoms with Gasteiger partial charge in [0.2, 0.25) is 0 Å². The van der Waals surface area contributed by atoms with E-state index in [4.69, 9.17) is 5.84 Å². The van der Waals surface area contributed by atoms with E-state index < -0.39 is 0 Å². The molecule has 0 bridgehead atoms. The summed E-state index contributed by atoms with van der Waals surface area (Å²) < 4.78 is 2.20. The third-order valence-electron chi connectivity index (χ3n) is 3.00. The maximum atomic E-state index is 5.67. The van der Waals surface area contributed by atoms with E-state index in [2.05, 4.69) is 73.7 Å². The molecule has 2 nitrogen and oxygen atoms in total. The number of nitrogens with two attached hydrogens (primary N) is 1. The summed E-state index contributed by atoms with van der Waals surface area (Å²) in [6.45, 7) is 0. The van der Waals surface area contributed by atoms with Crippen molar-refractivity contribution < 1.29 is 0 Å². The highest BCUT2D eigenvalue weighted by Crippen LogP contribution is 2.16. The molecule has 1 atom stereocenters. The number of hydrogen-bond acceptors (Lipinski definition) is 2. The Morgan fingerprint density at radius 1 is 0.895 bits per heavy atom. The molecule has 3 N–H and O–H groups in total. The van der Waals surface area contributed by atoms with E-state index >= 15 is 0 Å². The third-order valence-corrected chi connectivity index (χ3v) is 4.02. The minimum absolute atomic E-state index is 0.232. The van der Waals surface area contributed by atoms with Gasteiger partial charge >= 0.3 is 0 Å². The SMILES string of the molecule is NNC(Cc1ccc(Br)cc1)Cc1cccc(Br)c1. The van der Waals surface area contributed by atoms with Crippen LogP contribution in [0.1, 0.15) is 11.1 Å². The minimum Gasteiger partial charge on any atom is -0.271 e. The molecule has 2 aromatic rings. The molecule has 0 saturated carbocycles. The first-order valence-corrected chi connectivity index (χ1v) is 7.71. The lowest BCUT2D eigenvalue weighted by atomic mass is 9.99. The van der Waals surface area contributed by atoms with Crippen LogP contribution in [0.3, 0.4) is 0 Å². The molecule has 0 aliphatic rings. The van der Waals surface area contributed by atoms with Gasteiger partial charge in [0.25, 0.3) is 0 Å². The van der Waals surface area contributed by atoms with Crippen molar-refractivity contribution in [3.8, 4) is 0 Å². The number of rotatable bonds is 5. The molecule has 0 aliphatic carbocycles. The molecule has 100 valence electrons. The summed E-state index contributed by atoms with van der Waals surface area (Å²) in [6, 6.07) is 16.9. The van der Waals surface area contributed by atoms with Crippen LogP contribution in [0.5, 0.6) is 0 Å². The van der Waals surface area contributed by atoms with Crippen LogP contribution in [-0.4, -0.2) is 6.04 Å². The molecule has 0 radical (unpaired) electrons. The van der Waals surface area contributed by atoms with Gasteiger partial charge in [0.15, 0.2) is 0 Å². The van der Waals surface area contributed by atoms with Crippen LogP contribution >= 0.6 is 31.9 Å². The summed E-state index contributed by atoms with van der Waals surface area (Å²) >= 11 is 6.94. The van der Waals surface area contributed by atoms with Crippen molar-refractivity contribution in [3.05, 3.63) is 68.6 Å². The molecule has 0 heterocycles. The molecule has 2 aromatic carbocycles. The van der Waals surface area contributed by atoms with E-state index in [1.165, 1.54) is 11.1 Å². The van der Waals surface area contributed by atoms with Crippen LogP contribution in [-0.2, 0) is 12.8 Å². The second-order valence-corrected chi connectivity index (χ2v) is 6.36. The molecule has 0 spiro atoms. The topological polar surface area (TPSA) is 38.0 Å². The molecule has 2 rings (SSSR count). The summed E-state index contributed by atoms with van der Waals surface area (Å²) in [7, 11) is 0. The maximum absolute atomic E-state index is 5.67. The average Bonchev–Trinajstić information content (AvgIpc) is 2.40. The van der Waals surface area contributed by atoms with Gasteiger partial charge in [-0.3, -0.25) is 11.3 Å². The van der Waals surface area contributed by atoms with Crippen LogP contribution in [0.15, 0.2) is 57.5 Å². The van der Waals surface area contributed by atoms with Crippen molar-refractivity contribution in [1.29, 1.82) is 0 Å². The fourth-order valence-electron chi connectivity index (χ4n) is 2.04. The Hall–Kier alpha value is -0.680. The van der Waals surface area contributed by atoms with E-state index in [1.807, 2.05) is 12.1 Å². The fourth-order valence-corrected chi connectivity index (χ4v) is 2.75. The highest BCUT2D eigenvalue weighted by molar-refractivity contribution is 9.10. The summed E-state index contributed by atoms with van der Waals surface area (Å²) in [6.07, 6.45) is 1.82. The fraction of sp³-hybridized carbons (Fsp3) is 0.200. The summed E-state index contributed by atoms with van der Waals surface area (Å²) in [5.41, 5.74) is 5.46. The van der Waals surface area contributed by atoms with Gasteiger partial charge in [0, 0.05) is 15.0 Å². The van der Waals surface area contributed by atoms with Gasteiger partial charge in [-0.1, -0.05) is 56.1 Å². The second kappa shape index (κ2) is 7.20. The third kappa shape index (κ3) is 4.73. The van der Waals surface area contributed by atoms with Crippen molar-refractivity contribution in [3.63, 3.8) is 0 Å². The van der Waals surface area contributed by atoms with E-state index in [-0.39, 0.29) is 6.04 Å². The lowest BCUT2D eigenvalue weighted by Gasteiger charge is -2.16. The molecule has 0 aromatic heterocycles. The summed E-state index contributed by atoms with van der Waals surface area (Å²) in [5.74, 6) is 5.67. The molecular weight excluding hydrogens is 368 g/mol. The molecule has 19 heavy (non-hydrogen) atoms. The Balaban J connectivity index is 2.02. The van der Waals surface area contributed by atoms with Crippen LogP contribution in [0.25, 0.3) is 0 Å². The Morgan fingerprint density at radius 2 is 1.58 bits per heavy atom. The zero-order valence-corrected chi connectivity index (χ0v) is 13.6. The van der Waals surface area contributed by atoms with E-state index in [1.54, 1.807) is 0 Å². The quantitative estimate of drug-likeness (QED) is 0.608. The summed E-state index contributed by atoms with van der Waals surface area (Å²) in [5, 5.41) is 0. The normalized spacial score (nSPS) is 12.4. The molecule has 0 saturated heterocycles. The monoisotopic (exact) mass is 382 g/mol. The number of hydrogen-bond donors (Lipinski definition) is 2. The zero-order chi connectivity index (χ0) is 13.7. The lowest BCUT2D eigenvalue weighted by molar-refractivity contribution is 0.522. The van der Waals surface area contributed by atoms with Gasteiger partial charge in [0.05, 0.1) is 0 Å². The molecule has 0 amide bonds. The number of halogens is 2. The first kappa shape index (κ1) is 14.7. The lowest BCUT2D eigenvalue weighted by Crippen LogP contribution is -2.38. The van der Waals surface area contributed by atoms with Crippen LogP contribution in [0.2, 0.25) is 0 Å². The maximum Gasteiger partial charge on any atom is 0.0291 e. The Morgan fingerprint density at radius 3 is 2.21 bits per heavy atom. The van der Waals surface area contributed by atoms with Crippen molar-refractivity contribution in [1.82, 2.24) is 5.43 Å². The van der Waals surface area contributed by atoms with Gasteiger partial charge in [-0.25, -0.2) is 0 Å². The van der Waals surface area contributed by atoms with Crippen molar-refractivity contribution in [2.45, 2.75) is 18.9 Å². The van der Waals surface area contributed by atoms with E-state index in [0.29, 0.717) is 0 Å². The number of hydrazine groups is 1. The van der Waals surface area contributed by atoms with Gasteiger partial charge in [-0.15, -0.1) is 0 Å². The molecule has 0 fully saturated rings. The minimum atomic E-state index is 0.232. The summed E-state index contributed by atoms with van der Waals surface area (Å²) in [4.78, 5) is 0. The van der Waals surface area contributed by atoms with Gasteiger partial charge in [-0.2, -0.15) is 0 Å². The van der Waals surface area contributed by atoms with Crippen LogP contribution in [0.4, 0.5) is 0 Å². The highest BCUT2D eigenvalue weighted by Gasteiger charge is 2.09. The van der Waals surface area contributed by atoms with Crippen molar-refractivity contribution >= 4 is 31.9 Å². The Labute approximate surface area is 130 Å². The molecular formula is C15H16Br2N2. The van der Waals surface area contributed by atoms with Crippen molar-refractivity contribution in [2.75, 3.05) is 0 Å². The number of benzene rings is 2. The van der Waals surface area contributed by atoms with Crippen molar-refractivity contribution in [2.24, 2.45) is 5.84 Å². The Kier molecular flexibility index (Phi) is 5.58. The molecule has 4 heteroatoms. The average molecular weight is 384 g/mol. The van der Waals surface area contributed by atoms with Crippen LogP contribution in [0, 0.1) is 0 Å². The predicted octanol–water partition coefficient (Wildman–Crippen LogP) is 3.83. The largest absolute Gasteiger partial charge is 0.271 e. The predicted molar refractivity (Wildman–Crippen MR) is 86.8 cm³/mol. The van der Waals surface area contributed by atoms with E-state index in [9.17, 15) is 0 Å². The molecule has 0 aliphatic heterocycles. The second-order valence-electron chi connectivity index (χ2n) is 4.53.